The van der Waals surface area contributed by atoms with Crippen LogP contribution in [0.3, 0.4) is 0 Å². The Bertz CT molecular complexity index is 223. The van der Waals surface area contributed by atoms with Gasteiger partial charge in [0, 0.05) is 18.0 Å². The molecule has 80 valence electrons. The summed E-state index contributed by atoms with van der Waals surface area (Å²) in [6.45, 7) is 5.39. The summed E-state index contributed by atoms with van der Waals surface area (Å²) in [6, 6.07) is 0.801. The second-order valence-corrected chi connectivity index (χ2v) is 4.92. The molecule has 1 aliphatic carbocycles. The van der Waals surface area contributed by atoms with E-state index in [-0.39, 0.29) is 5.91 Å². The van der Waals surface area contributed by atoms with E-state index in [1.54, 1.807) is 0 Å². The molecule has 0 aromatic carbocycles. The fourth-order valence-electron chi connectivity index (χ4n) is 2.47. The van der Waals surface area contributed by atoms with E-state index >= 15 is 0 Å². The highest BCUT2D eigenvalue weighted by Gasteiger charge is 2.33. The minimum absolute atomic E-state index is 0.281. The minimum atomic E-state index is 0.281. The van der Waals surface area contributed by atoms with Crippen LogP contribution in [-0.4, -0.2) is 24.5 Å². The fraction of sp³-hybridized carbons (Fsp3) is 0.909. The Hall–Kier alpha value is -0.570. The highest BCUT2D eigenvalue weighted by atomic mass is 16.2. The molecule has 3 heteroatoms. The van der Waals surface area contributed by atoms with Crippen LogP contribution in [0, 0.1) is 11.8 Å². The van der Waals surface area contributed by atoms with Crippen molar-refractivity contribution in [3.05, 3.63) is 0 Å². The van der Waals surface area contributed by atoms with E-state index in [0.717, 1.165) is 31.7 Å². The summed E-state index contributed by atoms with van der Waals surface area (Å²) < 4.78 is 0. The third-order valence-corrected chi connectivity index (χ3v) is 3.60. The Balaban J connectivity index is 1.77. The Kier molecular flexibility index (Phi) is 2.77. The molecule has 1 heterocycles. The van der Waals surface area contributed by atoms with Gasteiger partial charge < -0.3 is 10.6 Å². The number of nitrogens with one attached hydrogen (secondary N) is 2. The van der Waals surface area contributed by atoms with Crippen LogP contribution in [0.4, 0.5) is 0 Å². The second kappa shape index (κ2) is 3.89. The van der Waals surface area contributed by atoms with Gasteiger partial charge in [0.05, 0.1) is 0 Å². The van der Waals surface area contributed by atoms with Crippen LogP contribution in [0.2, 0.25) is 0 Å². The van der Waals surface area contributed by atoms with Crippen LogP contribution in [0.1, 0.15) is 33.1 Å². The van der Waals surface area contributed by atoms with E-state index in [1.807, 2.05) is 0 Å². The largest absolute Gasteiger partial charge is 0.352 e. The van der Waals surface area contributed by atoms with Crippen molar-refractivity contribution in [1.82, 2.24) is 10.6 Å². The molecule has 1 saturated carbocycles. The molecular formula is C11H20N2O. The first-order chi connectivity index (χ1) is 6.66. The van der Waals surface area contributed by atoms with Crippen molar-refractivity contribution in [2.24, 2.45) is 11.8 Å². The lowest BCUT2D eigenvalue weighted by atomic mass is 9.75. The number of carbonyl (C=O) groups is 1. The van der Waals surface area contributed by atoms with Crippen LogP contribution in [0.15, 0.2) is 0 Å². The first-order valence-corrected chi connectivity index (χ1v) is 5.70. The molecule has 0 aromatic heterocycles. The zero-order valence-corrected chi connectivity index (χ0v) is 9.05. The Labute approximate surface area is 85.6 Å². The lowest BCUT2D eigenvalue weighted by Gasteiger charge is -2.32. The van der Waals surface area contributed by atoms with Crippen LogP contribution >= 0.6 is 0 Å². The van der Waals surface area contributed by atoms with Crippen LogP contribution in [0.25, 0.3) is 0 Å². The number of hydrogen-bond donors (Lipinski definition) is 2. The first-order valence-electron chi connectivity index (χ1n) is 5.70. The molecule has 2 rings (SSSR count). The molecule has 2 unspecified atom stereocenters. The fourth-order valence-corrected chi connectivity index (χ4v) is 2.47. The van der Waals surface area contributed by atoms with E-state index in [0.29, 0.717) is 18.0 Å². The van der Waals surface area contributed by atoms with Crippen LogP contribution in [0.5, 0.6) is 0 Å². The van der Waals surface area contributed by atoms with E-state index in [2.05, 4.69) is 24.5 Å². The average molecular weight is 196 g/mol. The molecule has 1 saturated heterocycles. The van der Waals surface area contributed by atoms with Crippen molar-refractivity contribution in [1.29, 1.82) is 0 Å². The number of hydrogen-bond acceptors (Lipinski definition) is 2. The minimum Gasteiger partial charge on any atom is -0.352 e. The molecule has 3 nitrogen and oxygen atoms in total. The molecule has 2 N–H and O–H groups in total. The van der Waals surface area contributed by atoms with Gasteiger partial charge in [-0.1, -0.05) is 6.92 Å². The summed E-state index contributed by atoms with van der Waals surface area (Å²) in [5.41, 5.74) is 0. The van der Waals surface area contributed by atoms with E-state index < -0.39 is 0 Å². The van der Waals surface area contributed by atoms with Crippen molar-refractivity contribution in [3.63, 3.8) is 0 Å². The number of rotatable bonds is 2. The van der Waals surface area contributed by atoms with Crippen molar-refractivity contribution >= 4 is 5.91 Å². The lowest BCUT2D eigenvalue weighted by Crippen LogP contribution is -2.46. The van der Waals surface area contributed by atoms with Gasteiger partial charge >= 0.3 is 0 Å². The second-order valence-electron chi connectivity index (χ2n) is 4.92. The molecule has 1 amide bonds. The maximum absolute atomic E-state index is 11.7. The van der Waals surface area contributed by atoms with Crippen LogP contribution in [-0.2, 0) is 4.79 Å². The normalized spacial score (nSPS) is 41.9. The molecule has 0 radical (unpaired) electrons. The maximum atomic E-state index is 11.7. The third kappa shape index (κ3) is 1.92. The smallest absolute Gasteiger partial charge is 0.223 e. The Morgan fingerprint density at radius 1 is 1.36 bits per heavy atom. The van der Waals surface area contributed by atoms with Crippen LogP contribution < -0.4 is 10.6 Å². The molecule has 0 aromatic rings. The summed E-state index contributed by atoms with van der Waals surface area (Å²) in [4.78, 5) is 11.7. The maximum Gasteiger partial charge on any atom is 0.223 e. The summed E-state index contributed by atoms with van der Waals surface area (Å²) in [7, 11) is 0. The first kappa shape index (κ1) is 9.97. The number of amides is 1. The van der Waals surface area contributed by atoms with E-state index in [4.69, 9.17) is 0 Å². The SMILES string of the molecule is CC1CC(C(=O)NC2CCNC2C)C1. The van der Waals surface area contributed by atoms with E-state index in [9.17, 15) is 4.79 Å². The molecule has 14 heavy (non-hydrogen) atoms. The van der Waals surface area contributed by atoms with Gasteiger partial charge in [-0.3, -0.25) is 4.79 Å². The van der Waals surface area contributed by atoms with Gasteiger partial charge in [0.1, 0.15) is 0 Å². The Morgan fingerprint density at radius 3 is 2.57 bits per heavy atom. The topological polar surface area (TPSA) is 41.1 Å². The van der Waals surface area contributed by atoms with Gasteiger partial charge in [0.25, 0.3) is 0 Å². The number of carbonyl (C=O) groups excluding carboxylic acids is 1. The molecule has 2 atom stereocenters. The summed E-state index contributed by atoms with van der Waals surface area (Å²) in [5, 5.41) is 6.49. The average Bonchev–Trinajstić information content (AvgIpc) is 2.46. The van der Waals surface area contributed by atoms with E-state index in [1.165, 1.54) is 0 Å². The van der Waals surface area contributed by atoms with Gasteiger partial charge in [0.2, 0.25) is 5.91 Å². The zero-order valence-electron chi connectivity index (χ0n) is 9.05. The molecule has 0 spiro atoms. The summed E-state index contributed by atoms with van der Waals surface area (Å²) in [5.74, 6) is 1.34. The van der Waals surface area contributed by atoms with Gasteiger partial charge in [-0.05, 0) is 38.6 Å². The van der Waals surface area contributed by atoms with Crippen molar-refractivity contribution in [2.45, 2.75) is 45.2 Å². The highest BCUT2D eigenvalue weighted by molar-refractivity contribution is 5.79. The van der Waals surface area contributed by atoms with Gasteiger partial charge in [-0.25, -0.2) is 0 Å². The summed E-state index contributed by atoms with van der Waals surface area (Å²) >= 11 is 0. The Morgan fingerprint density at radius 2 is 2.07 bits per heavy atom. The van der Waals surface area contributed by atoms with Crippen molar-refractivity contribution in [3.8, 4) is 0 Å². The lowest BCUT2D eigenvalue weighted by molar-refractivity contribution is -0.129. The predicted octanol–water partition coefficient (Wildman–Crippen LogP) is 0.899. The van der Waals surface area contributed by atoms with Gasteiger partial charge in [0.15, 0.2) is 0 Å². The van der Waals surface area contributed by atoms with Crippen molar-refractivity contribution in [2.75, 3.05) is 6.54 Å². The predicted molar refractivity (Wildman–Crippen MR) is 55.9 cm³/mol. The molecule has 1 aliphatic heterocycles. The molecule has 0 bridgehead atoms. The molecular weight excluding hydrogens is 176 g/mol. The summed E-state index contributed by atoms with van der Waals surface area (Å²) in [6.07, 6.45) is 3.25. The monoisotopic (exact) mass is 196 g/mol. The molecule has 2 fully saturated rings. The third-order valence-electron chi connectivity index (χ3n) is 3.60. The molecule has 2 aliphatic rings. The standard InChI is InChI=1S/C11H20N2O/c1-7-5-9(6-7)11(14)13-10-3-4-12-8(10)2/h7-10,12H,3-6H2,1-2H3,(H,13,14). The van der Waals surface area contributed by atoms with Gasteiger partial charge in [-0.15, -0.1) is 0 Å². The zero-order chi connectivity index (χ0) is 10.1. The highest BCUT2D eigenvalue weighted by Crippen LogP contribution is 2.33. The van der Waals surface area contributed by atoms with Crippen molar-refractivity contribution < 1.29 is 4.79 Å². The quantitative estimate of drug-likeness (QED) is 0.689. The van der Waals surface area contributed by atoms with Gasteiger partial charge in [-0.2, -0.15) is 0 Å².